The number of oxime groups is 1. The van der Waals surface area contributed by atoms with Crippen molar-refractivity contribution in [3.63, 3.8) is 0 Å². The van der Waals surface area contributed by atoms with Crippen LogP contribution in [0, 0.1) is 0 Å². The van der Waals surface area contributed by atoms with Crippen LogP contribution in [0.5, 0.6) is 5.75 Å². The molecule has 0 aliphatic carbocycles. The van der Waals surface area contributed by atoms with Crippen molar-refractivity contribution < 1.29 is 9.94 Å². The van der Waals surface area contributed by atoms with Gasteiger partial charge in [0.2, 0.25) is 0 Å². The summed E-state index contributed by atoms with van der Waals surface area (Å²) in [6.07, 6.45) is 0. The first-order valence-corrected chi connectivity index (χ1v) is 6.95. The van der Waals surface area contributed by atoms with Gasteiger partial charge >= 0.3 is 0 Å². The lowest BCUT2D eigenvalue weighted by molar-refractivity contribution is 0.307. The summed E-state index contributed by atoms with van der Waals surface area (Å²) in [7, 11) is 0. The van der Waals surface area contributed by atoms with Crippen molar-refractivity contribution >= 4 is 16.6 Å². The Kier molecular flexibility index (Phi) is 3.92. The number of benzene rings is 3. The topological polar surface area (TPSA) is 67.8 Å². The van der Waals surface area contributed by atoms with Crippen molar-refractivity contribution in [2.75, 3.05) is 0 Å². The van der Waals surface area contributed by atoms with Crippen LogP contribution in [0.1, 0.15) is 11.1 Å². The van der Waals surface area contributed by atoms with Crippen LogP contribution in [0.15, 0.2) is 71.9 Å². The Labute approximate surface area is 128 Å². The molecule has 0 fully saturated rings. The van der Waals surface area contributed by atoms with E-state index in [0.29, 0.717) is 12.2 Å². The maximum Gasteiger partial charge on any atom is 0.170 e. The maximum atomic E-state index is 8.64. The largest absolute Gasteiger partial charge is 0.489 e. The Morgan fingerprint density at radius 1 is 0.955 bits per heavy atom. The summed E-state index contributed by atoms with van der Waals surface area (Å²) >= 11 is 0. The second-order valence-electron chi connectivity index (χ2n) is 4.94. The van der Waals surface area contributed by atoms with Gasteiger partial charge in [-0.3, -0.25) is 0 Å². The van der Waals surface area contributed by atoms with Gasteiger partial charge in [0.1, 0.15) is 12.4 Å². The monoisotopic (exact) mass is 292 g/mol. The summed E-state index contributed by atoms with van der Waals surface area (Å²) in [6, 6.07) is 21.5. The smallest absolute Gasteiger partial charge is 0.170 e. The van der Waals surface area contributed by atoms with E-state index in [9.17, 15) is 0 Å². The van der Waals surface area contributed by atoms with E-state index in [1.54, 1.807) is 24.3 Å². The summed E-state index contributed by atoms with van der Waals surface area (Å²) in [4.78, 5) is 0. The van der Waals surface area contributed by atoms with Gasteiger partial charge in [-0.05, 0) is 40.6 Å². The van der Waals surface area contributed by atoms with Crippen LogP contribution in [-0.2, 0) is 6.61 Å². The number of nitrogens with two attached hydrogens (primary N) is 1. The van der Waals surface area contributed by atoms with E-state index in [0.717, 1.165) is 11.3 Å². The number of hydrogen-bond acceptors (Lipinski definition) is 3. The van der Waals surface area contributed by atoms with Crippen LogP contribution in [0.2, 0.25) is 0 Å². The zero-order chi connectivity index (χ0) is 15.4. The summed E-state index contributed by atoms with van der Waals surface area (Å²) < 4.78 is 5.83. The molecule has 3 aromatic rings. The average Bonchev–Trinajstić information content (AvgIpc) is 2.59. The second-order valence-corrected chi connectivity index (χ2v) is 4.94. The van der Waals surface area contributed by atoms with Gasteiger partial charge in [0.25, 0.3) is 0 Å². The van der Waals surface area contributed by atoms with Crippen LogP contribution in [0.3, 0.4) is 0 Å². The van der Waals surface area contributed by atoms with Crippen molar-refractivity contribution in [1.82, 2.24) is 0 Å². The van der Waals surface area contributed by atoms with Crippen LogP contribution >= 0.6 is 0 Å². The first-order valence-electron chi connectivity index (χ1n) is 6.95. The molecule has 0 saturated heterocycles. The number of nitrogens with zero attached hydrogens (tertiary/aromatic N) is 1. The molecule has 4 nitrogen and oxygen atoms in total. The quantitative estimate of drug-likeness (QED) is 0.334. The Bertz CT molecular complexity index is 805. The lowest BCUT2D eigenvalue weighted by Crippen LogP contribution is -2.12. The first-order chi connectivity index (χ1) is 10.8. The van der Waals surface area contributed by atoms with Gasteiger partial charge in [-0.2, -0.15) is 0 Å². The molecule has 0 atom stereocenters. The highest BCUT2D eigenvalue weighted by atomic mass is 16.5. The lowest BCUT2D eigenvalue weighted by Gasteiger charge is -2.09. The number of hydrogen-bond donors (Lipinski definition) is 2. The normalized spacial score (nSPS) is 11.5. The Morgan fingerprint density at radius 2 is 1.68 bits per heavy atom. The van der Waals surface area contributed by atoms with E-state index < -0.39 is 0 Å². The van der Waals surface area contributed by atoms with E-state index in [4.69, 9.17) is 15.7 Å². The molecule has 3 N–H and O–H groups in total. The van der Waals surface area contributed by atoms with Crippen LogP contribution in [0.25, 0.3) is 10.8 Å². The minimum Gasteiger partial charge on any atom is -0.489 e. The van der Waals surface area contributed by atoms with Gasteiger partial charge in [0.15, 0.2) is 5.84 Å². The summed E-state index contributed by atoms with van der Waals surface area (Å²) in [5.74, 6) is 0.822. The fourth-order valence-electron chi connectivity index (χ4n) is 2.36. The third kappa shape index (κ3) is 2.86. The number of fused-ring (bicyclic) bond motifs is 1. The molecule has 0 unspecified atom stereocenters. The molecule has 0 bridgehead atoms. The van der Waals surface area contributed by atoms with Gasteiger partial charge in [-0.15, -0.1) is 0 Å². The van der Waals surface area contributed by atoms with Gasteiger partial charge in [-0.25, -0.2) is 0 Å². The molecular formula is C18H16N2O2. The van der Waals surface area contributed by atoms with Crippen LogP contribution in [0.4, 0.5) is 0 Å². The molecule has 0 heterocycles. The van der Waals surface area contributed by atoms with E-state index in [1.165, 1.54) is 10.8 Å². The molecule has 4 heteroatoms. The highest BCUT2D eigenvalue weighted by molar-refractivity contribution is 5.97. The molecule has 0 aromatic heterocycles. The van der Waals surface area contributed by atoms with Gasteiger partial charge in [0, 0.05) is 5.56 Å². The van der Waals surface area contributed by atoms with E-state index in [2.05, 4.69) is 29.4 Å². The molecule has 0 aliphatic heterocycles. The average molecular weight is 292 g/mol. The second kappa shape index (κ2) is 6.18. The molecule has 0 amide bonds. The zero-order valence-corrected chi connectivity index (χ0v) is 11.9. The van der Waals surface area contributed by atoms with Crippen molar-refractivity contribution in [3.05, 3.63) is 77.9 Å². The maximum absolute atomic E-state index is 8.64. The Balaban J connectivity index is 1.77. The molecule has 3 aromatic carbocycles. The number of ether oxygens (including phenoxy) is 1. The summed E-state index contributed by atoms with van der Waals surface area (Å²) in [5, 5.41) is 14.0. The SMILES string of the molecule is N/C(=N\O)c1ccc(OCc2cccc3ccccc23)cc1. The molecule has 0 saturated carbocycles. The fourth-order valence-corrected chi connectivity index (χ4v) is 2.36. The summed E-state index contributed by atoms with van der Waals surface area (Å²) in [6.45, 7) is 0.490. The number of amidine groups is 1. The Hall–Kier alpha value is -3.01. The van der Waals surface area contributed by atoms with Gasteiger partial charge in [-0.1, -0.05) is 47.6 Å². The van der Waals surface area contributed by atoms with Gasteiger partial charge < -0.3 is 15.7 Å². The Morgan fingerprint density at radius 3 is 2.45 bits per heavy atom. The van der Waals surface area contributed by atoms with Crippen LogP contribution < -0.4 is 10.5 Å². The molecule has 0 spiro atoms. The fraction of sp³-hybridized carbons (Fsp3) is 0.0556. The molecule has 0 radical (unpaired) electrons. The lowest BCUT2D eigenvalue weighted by atomic mass is 10.1. The first kappa shape index (κ1) is 13.9. The van der Waals surface area contributed by atoms with Crippen molar-refractivity contribution in [1.29, 1.82) is 0 Å². The molecule has 0 aliphatic rings. The molecule has 110 valence electrons. The minimum absolute atomic E-state index is 0.0839. The molecular weight excluding hydrogens is 276 g/mol. The van der Waals surface area contributed by atoms with Crippen LogP contribution in [-0.4, -0.2) is 11.0 Å². The number of rotatable bonds is 4. The third-order valence-corrected chi connectivity index (χ3v) is 3.53. The van der Waals surface area contributed by atoms with Gasteiger partial charge in [0.05, 0.1) is 0 Å². The van der Waals surface area contributed by atoms with E-state index in [1.807, 2.05) is 18.2 Å². The van der Waals surface area contributed by atoms with Crippen molar-refractivity contribution in [2.24, 2.45) is 10.9 Å². The highest BCUT2D eigenvalue weighted by Gasteiger charge is 2.03. The van der Waals surface area contributed by atoms with E-state index in [-0.39, 0.29) is 5.84 Å². The molecule has 3 rings (SSSR count). The third-order valence-electron chi connectivity index (χ3n) is 3.53. The van der Waals surface area contributed by atoms with E-state index >= 15 is 0 Å². The highest BCUT2D eigenvalue weighted by Crippen LogP contribution is 2.21. The van der Waals surface area contributed by atoms with Crippen molar-refractivity contribution in [2.45, 2.75) is 6.61 Å². The predicted molar refractivity (Wildman–Crippen MR) is 87.2 cm³/mol. The predicted octanol–water partition coefficient (Wildman–Crippen LogP) is 3.51. The van der Waals surface area contributed by atoms with Crippen molar-refractivity contribution in [3.8, 4) is 5.75 Å². The zero-order valence-electron chi connectivity index (χ0n) is 11.9. The standard InChI is InChI=1S/C18H16N2O2/c19-18(20-21)14-8-10-16(11-9-14)22-12-15-6-3-5-13-4-1-2-7-17(13)15/h1-11,21H,12H2,(H2,19,20). The summed E-state index contributed by atoms with van der Waals surface area (Å²) in [5.41, 5.74) is 7.32. The molecule has 22 heavy (non-hydrogen) atoms. The minimum atomic E-state index is 0.0839.